The molecule has 4 aromatic carbocycles. The van der Waals surface area contributed by atoms with Gasteiger partial charge in [0.1, 0.15) is 0 Å². The Hall–Kier alpha value is -3.53. The van der Waals surface area contributed by atoms with Crippen molar-refractivity contribution in [2.75, 3.05) is 5.32 Å². The maximum Gasteiger partial charge on any atom is 0.416 e. The number of rotatable bonds is 4. The molecule has 0 fully saturated rings. The van der Waals surface area contributed by atoms with Crippen LogP contribution in [-0.2, 0) is 6.18 Å². The molecule has 0 aromatic heterocycles. The molecule has 4 rings (SSSR count). The van der Waals surface area contributed by atoms with Gasteiger partial charge in [-0.3, -0.25) is 0 Å². The third-order valence-electron chi connectivity index (χ3n) is 5.53. The largest absolute Gasteiger partial charge is 0.416 e. The van der Waals surface area contributed by atoms with Gasteiger partial charge in [0.25, 0.3) is 0 Å². The van der Waals surface area contributed by atoms with Gasteiger partial charge in [0, 0.05) is 11.4 Å². The van der Waals surface area contributed by atoms with Crippen LogP contribution in [0.4, 0.5) is 24.5 Å². The molecule has 0 heterocycles. The van der Waals surface area contributed by atoms with Gasteiger partial charge in [-0.05, 0) is 72.4 Å². The van der Waals surface area contributed by atoms with Crippen molar-refractivity contribution in [1.29, 1.82) is 0 Å². The molecule has 4 aromatic rings. The average Bonchev–Trinajstić information content (AvgIpc) is 2.76. The van der Waals surface area contributed by atoms with Crippen molar-refractivity contribution in [3.05, 3.63) is 107 Å². The highest BCUT2D eigenvalue weighted by atomic mass is 19.4. The number of hydrogen-bond acceptors (Lipinski definition) is 1. The van der Waals surface area contributed by atoms with E-state index >= 15 is 0 Å². The first-order valence-corrected chi connectivity index (χ1v) is 10.4. The topological polar surface area (TPSA) is 12.0 Å². The molecule has 0 atom stereocenters. The zero-order valence-electron chi connectivity index (χ0n) is 18.2. The first kappa shape index (κ1) is 21.7. The fraction of sp³-hybridized carbons (Fsp3) is 0.143. The quantitative estimate of drug-likeness (QED) is 0.341. The number of benzene rings is 4. The van der Waals surface area contributed by atoms with Gasteiger partial charge in [0.15, 0.2) is 0 Å². The fourth-order valence-electron chi connectivity index (χ4n) is 4.04. The van der Waals surface area contributed by atoms with Crippen LogP contribution >= 0.6 is 0 Å². The van der Waals surface area contributed by atoms with Gasteiger partial charge in [0.05, 0.1) is 5.56 Å². The molecule has 0 radical (unpaired) electrons. The van der Waals surface area contributed by atoms with Crippen LogP contribution < -0.4 is 5.32 Å². The first-order valence-electron chi connectivity index (χ1n) is 10.4. The summed E-state index contributed by atoms with van der Waals surface area (Å²) in [5.41, 5.74) is 7.02. The van der Waals surface area contributed by atoms with E-state index < -0.39 is 11.7 Å². The van der Waals surface area contributed by atoms with E-state index in [2.05, 4.69) is 5.32 Å². The second kappa shape index (κ2) is 8.54. The van der Waals surface area contributed by atoms with Crippen LogP contribution in [0.1, 0.15) is 22.3 Å². The van der Waals surface area contributed by atoms with Gasteiger partial charge in [-0.15, -0.1) is 0 Å². The van der Waals surface area contributed by atoms with Crippen molar-refractivity contribution in [2.45, 2.75) is 26.9 Å². The fourth-order valence-corrected chi connectivity index (χ4v) is 4.04. The zero-order valence-corrected chi connectivity index (χ0v) is 18.2. The minimum atomic E-state index is -4.44. The maximum atomic E-state index is 13.7. The highest BCUT2D eigenvalue weighted by molar-refractivity contribution is 5.76. The number of hydrogen-bond donors (Lipinski definition) is 1. The average molecular weight is 432 g/mol. The van der Waals surface area contributed by atoms with Crippen molar-refractivity contribution >= 4 is 11.4 Å². The highest BCUT2D eigenvalue weighted by Gasteiger charge is 2.31. The van der Waals surface area contributed by atoms with Crippen LogP contribution in [0.5, 0.6) is 0 Å². The van der Waals surface area contributed by atoms with E-state index in [0.717, 1.165) is 39.1 Å². The second-order valence-electron chi connectivity index (χ2n) is 8.14. The summed E-state index contributed by atoms with van der Waals surface area (Å²) in [5.74, 6) is 0. The lowest BCUT2D eigenvalue weighted by molar-refractivity contribution is -0.137. The zero-order chi connectivity index (χ0) is 22.9. The molecular weight excluding hydrogens is 407 g/mol. The third-order valence-corrected chi connectivity index (χ3v) is 5.53. The predicted molar refractivity (Wildman–Crippen MR) is 126 cm³/mol. The monoisotopic (exact) mass is 431 g/mol. The molecule has 0 aliphatic rings. The summed E-state index contributed by atoms with van der Waals surface area (Å²) in [4.78, 5) is 0. The maximum absolute atomic E-state index is 13.7. The highest BCUT2D eigenvalue weighted by Crippen LogP contribution is 2.37. The van der Waals surface area contributed by atoms with Crippen molar-refractivity contribution in [3.63, 3.8) is 0 Å². The van der Waals surface area contributed by atoms with Gasteiger partial charge >= 0.3 is 6.18 Å². The van der Waals surface area contributed by atoms with Crippen molar-refractivity contribution < 1.29 is 13.2 Å². The van der Waals surface area contributed by atoms with Crippen molar-refractivity contribution in [2.24, 2.45) is 0 Å². The minimum Gasteiger partial charge on any atom is -0.355 e. The molecule has 1 nitrogen and oxygen atoms in total. The Morgan fingerprint density at radius 2 is 1.12 bits per heavy atom. The van der Waals surface area contributed by atoms with E-state index in [-0.39, 0.29) is 0 Å². The Labute approximate surface area is 186 Å². The van der Waals surface area contributed by atoms with E-state index in [1.54, 1.807) is 6.07 Å². The predicted octanol–water partition coefficient (Wildman–Crippen LogP) is 8.71. The van der Waals surface area contributed by atoms with E-state index in [9.17, 15) is 13.2 Å². The Morgan fingerprint density at radius 1 is 0.594 bits per heavy atom. The van der Waals surface area contributed by atoms with Crippen LogP contribution in [0, 0.1) is 20.8 Å². The van der Waals surface area contributed by atoms with Crippen LogP contribution in [0.25, 0.3) is 22.3 Å². The van der Waals surface area contributed by atoms with Gasteiger partial charge in [-0.25, -0.2) is 0 Å². The van der Waals surface area contributed by atoms with Crippen LogP contribution in [0.3, 0.4) is 0 Å². The molecule has 0 saturated carbocycles. The molecule has 0 spiro atoms. The van der Waals surface area contributed by atoms with E-state index in [1.165, 1.54) is 12.1 Å². The Kier molecular flexibility index (Phi) is 5.79. The summed E-state index contributed by atoms with van der Waals surface area (Å²) < 4.78 is 41.0. The Morgan fingerprint density at radius 3 is 1.69 bits per heavy atom. The smallest absolute Gasteiger partial charge is 0.355 e. The molecule has 0 saturated heterocycles. The molecule has 0 aliphatic carbocycles. The molecule has 0 unspecified atom stereocenters. The van der Waals surface area contributed by atoms with Gasteiger partial charge < -0.3 is 5.32 Å². The van der Waals surface area contributed by atoms with Gasteiger partial charge in [-0.2, -0.15) is 13.2 Å². The second-order valence-corrected chi connectivity index (χ2v) is 8.14. The number of nitrogens with one attached hydrogen (secondary N) is 1. The molecule has 0 bridgehead atoms. The summed E-state index contributed by atoms with van der Waals surface area (Å²) in [6, 6.07) is 25.7. The number of anilines is 2. The number of aryl methyl sites for hydroxylation is 3. The summed E-state index contributed by atoms with van der Waals surface area (Å²) in [5, 5.41) is 3.23. The lowest BCUT2D eigenvalue weighted by atomic mass is 9.98. The molecule has 4 heteroatoms. The third kappa shape index (κ3) is 4.70. The van der Waals surface area contributed by atoms with E-state index in [0.29, 0.717) is 11.3 Å². The lowest BCUT2D eigenvalue weighted by Crippen LogP contribution is -2.06. The van der Waals surface area contributed by atoms with Gasteiger partial charge in [0.2, 0.25) is 0 Å². The SMILES string of the molecule is Cc1cc(C)c(Nc2cc(-c3ccc(-c4ccccc4)cc3)cc(C(F)(F)F)c2)c(C)c1. The summed E-state index contributed by atoms with van der Waals surface area (Å²) in [6.45, 7) is 5.92. The molecule has 1 N–H and O–H groups in total. The first-order chi connectivity index (χ1) is 15.2. The molecular formula is C28H24F3N. The Bertz CT molecular complexity index is 1220. The van der Waals surface area contributed by atoms with Crippen LogP contribution in [0.15, 0.2) is 84.9 Å². The standard InChI is InChI=1S/C28H24F3N/c1-18-13-19(2)27(20(3)14-18)32-26-16-24(15-25(17-26)28(29,30)31)23-11-9-22(10-12-23)21-7-5-4-6-8-21/h4-17,32H,1-3H3. The molecule has 32 heavy (non-hydrogen) atoms. The molecule has 162 valence electrons. The van der Waals surface area contributed by atoms with E-state index in [4.69, 9.17) is 0 Å². The van der Waals surface area contributed by atoms with Crippen LogP contribution in [-0.4, -0.2) is 0 Å². The van der Waals surface area contributed by atoms with Gasteiger partial charge in [-0.1, -0.05) is 72.3 Å². The summed E-state index contributed by atoms with van der Waals surface area (Å²) in [7, 11) is 0. The van der Waals surface area contributed by atoms with Crippen molar-refractivity contribution in [1.82, 2.24) is 0 Å². The van der Waals surface area contributed by atoms with Crippen LogP contribution in [0.2, 0.25) is 0 Å². The minimum absolute atomic E-state index is 0.414. The lowest BCUT2D eigenvalue weighted by Gasteiger charge is -2.17. The number of halogens is 3. The normalized spacial score (nSPS) is 11.4. The van der Waals surface area contributed by atoms with E-state index in [1.807, 2.05) is 87.5 Å². The summed E-state index contributed by atoms with van der Waals surface area (Å²) >= 11 is 0. The van der Waals surface area contributed by atoms with Crippen molar-refractivity contribution in [3.8, 4) is 22.3 Å². The molecule has 0 amide bonds. The Balaban J connectivity index is 1.75. The summed E-state index contributed by atoms with van der Waals surface area (Å²) in [6.07, 6.45) is -4.44. The number of alkyl halides is 3. The molecule has 0 aliphatic heterocycles.